The maximum atomic E-state index is 13.5. The number of anilines is 1. The average Bonchev–Trinajstić information content (AvgIpc) is 2.83. The highest BCUT2D eigenvalue weighted by Gasteiger charge is 2.32. The van der Waals surface area contributed by atoms with E-state index in [1.54, 1.807) is 17.0 Å². The van der Waals surface area contributed by atoms with Crippen LogP contribution in [0.2, 0.25) is 0 Å². The lowest BCUT2D eigenvalue weighted by atomic mass is 9.96. The maximum absolute atomic E-state index is 13.5. The molecule has 0 unspecified atom stereocenters. The molecule has 0 aliphatic carbocycles. The van der Waals surface area contributed by atoms with E-state index in [1.807, 2.05) is 6.07 Å². The van der Waals surface area contributed by atoms with Crippen molar-refractivity contribution in [3.8, 4) is 5.75 Å². The van der Waals surface area contributed by atoms with Crippen molar-refractivity contribution in [3.63, 3.8) is 0 Å². The van der Waals surface area contributed by atoms with Crippen LogP contribution < -0.4 is 10.5 Å². The highest BCUT2D eigenvalue weighted by molar-refractivity contribution is 5.99. The van der Waals surface area contributed by atoms with Gasteiger partial charge in [0.1, 0.15) is 11.6 Å². The second kappa shape index (κ2) is 8.77. The number of ether oxygens (including phenoxy) is 3. The predicted molar refractivity (Wildman–Crippen MR) is 117 cm³/mol. The summed E-state index contributed by atoms with van der Waals surface area (Å²) >= 11 is 0. The molecule has 0 saturated carbocycles. The van der Waals surface area contributed by atoms with Crippen molar-refractivity contribution in [2.24, 2.45) is 0 Å². The SMILES string of the molecule is Nc1nc2ccc(C(=O)N3CCOC[C@@H]3c3ccc(OC(F)(F)F)cc3)cc2c2c1COCC2. The van der Waals surface area contributed by atoms with E-state index in [9.17, 15) is 18.0 Å². The van der Waals surface area contributed by atoms with Crippen LogP contribution in [0.1, 0.15) is 33.1 Å². The Morgan fingerprint density at radius 3 is 2.65 bits per heavy atom. The monoisotopic (exact) mass is 473 g/mol. The Hall–Kier alpha value is -3.37. The summed E-state index contributed by atoms with van der Waals surface area (Å²) < 4.78 is 52.5. The average molecular weight is 473 g/mol. The normalized spacial score (nSPS) is 18.6. The van der Waals surface area contributed by atoms with Gasteiger partial charge in [-0.3, -0.25) is 4.79 Å². The lowest BCUT2D eigenvalue weighted by molar-refractivity contribution is -0.274. The van der Waals surface area contributed by atoms with E-state index in [4.69, 9.17) is 15.2 Å². The number of carbonyl (C=O) groups is 1. The van der Waals surface area contributed by atoms with Crippen molar-refractivity contribution in [1.29, 1.82) is 0 Å². The van der Waals surface area contributed by atoms with Gasteiger partial charge >= 0.3 is 6.36 Å². The van der Waals surface area contributed by atoms with Crippen LogP contribution >= 0.6 is 0 Å². The van der Waals surface area contributed by atoms with Gasteiger partial charge in [-0.15, -0.1) is 13.2 Å². The zero-order valence-corrected chi connectivity index (χ0v) is 18.1. The predicted octanol–water partition coefficient (Wildman–Crippen LogP) is 4.00. The molecular weight excluding hydrogens is 451 g/mol. The van der Waals surface area contributed by atoms with Crippen LogP contribution in [0.3, 0.4) is 0 Å². The summed E-state index contributed by atoms with van der Waals surface area (Å²) in [5.74, 6) is -0.0724. The molecular formula is C24H22F3N3O4. The van der Waals surface area contributed by atoms with E-state index in [0.29, 0.717) is 55.2 Å². The second-order valence-electron chi connectivity index (χ2n) is 8.19. The molecule has 1 fully saturated rings. The number of nitrogens with zero attached hydrogens (tertiary/aromatic N) is 2. The van der Waals surface area contributed by atoms with E-state index in [-0.39, 0.29) is 18.3 Å². The van der Waals surface area contributed by atoms with E-state index in [1.165, 1.54) is 24.3 Å². The number of carbonyl (C=O) groups excluding carboxylic acids is 1. The molecule has 178 valence electrons. The number of fused-ring (bicyclic) bond motifs is 3. The number of nitrogens with two attached hydrogens (primary N) is 1. The zero-order chi connectivity index (χ0) is 23.9. The summed E-state index contributed by atoms with van der Waals surface area (Å²) in [4.78, 5) is 19.7. The minimum atomic E-state index is -4.77. The molecule has 2 N–H and O–H groups in total. The van der Waals surface area contributed by atoms with Crippen molar-refractivity contribution in [2.45, 2.75) is 25.4 Å². The van der Waals surface area contributed by atoms with Crippen LogP contribution in [-0.2, 0) is 22.5 Å². The maximum Gasteiger partial charge on any atom is 0.573 e. The molecule has 0 spiro atoms. The first kappa shape index (κ1) is 22.4. The number of halogens is 3. The first-order valence-corrected chi connectivity index (χ1v) is 10.8. The van der Waals surface area contributed by atoms with Gasteiger partial charge in [-0.1, -0.05) is 12.1 Å². The Balaban J connectivity index is 1.45. The van der Waals surface area contributed by atoms with Gasteiger partial charge in [-0.05, 0) is 47.9 Å². The Morgan fingerprint density at radius 2 is 1.88 bits per heavy atom. The second-order valence-corrected chi connectivity index (χ2v) is 8.19. The number of morpholine rings is 1. The number of hydrogen-bond acceptors (Lipinski definition) is 6. The Bertz CT molecular complexity index is 1230. The number of rotatable bonds is 3. The third-order valence-corrected chi connectivity index (χ3v) is 6.11. The van der Waals surface area contributed by atoms with Crippen LogP contribution in [0.5, 0.6) is 5.75 Å². The standard InChI is InChI=1S/C24H22F3N3O4/c25-24(26,27)34-16-4-1-14(2-5-16)21-13-33-10-8-30(21)23(31)15-3-6-20-18(11-15)17-7-9-32-12-19(17)22(28)29-20/h1-6,11,21H,7-10,12-13H2,(H2,28,29)/t21-/m1/s1. The summed E-state index contributed by atoms with van der Waals surface area (Å²) in [6.45, 7) is 1.93. The summed E-state index contributed by atoms with van der Waals surface area (Å²) in [5.41, 5.74) is 9.87. The van der Waals surface area contributed by atoms with E-state index >= 15 is 0 Å². The molecule has 2 aliphatic rings. The molecule has 10 heteroatoms. The highest BCUT2D eigenvalue weighted by atomic mass is 19.4. The van der Waals surface area contributed by atoms with Gasteiger partial charge in [0.2, 0.25) is 0 Å². The zero-order valence-electron chi connectivity index (χ0n) is 18.1. The molecule has 3 aromatic rings. The van der Waals surface area contributed by atoms with Crippen molar-refractivity contribution < 1.29 is 32.2 Å². The van der Waals surface area contributed by atoms with Crippen LogP contribution in [0.15, 0.2) is 42.5 Å². The molecule has 1 amide bonds. The topological polar surface area (TPSA) is 86.9 Å². The first-order chi connectivity index (χ1) is 16.3. The minimum absolute atomic E-state index is 0.191. The molecule has 1 atom stereocenters. The molecule has 2 aliphatic heterocycles. The van der Waals surface area contributed by atoms with Crippen molar-refractivity contribution >= 4 is 22.6 Å². The third kappa shape index (κ3) is 4.38. The summed E-state index contributed by atoms with van der Waals surface area (Å²) in [5, 5.41) is 0.872. The van der Waals surface area contributed by atoms with Crippen molar-refractivity contribution in [2.75, 3.05) is 32.1 Å². The lowest BCUT2D eigenvalue weighted by Gasteiger charge is -2.36. The van der Waals surface area contributed by atoms with Crippen molar-refractivity contribution in [3.05, 3.63) is 64.7 Å². The molecule has 0 radical (unpaired) electrons. The van der Waals surface area contributed by atoms with Gasteiger partial charge in [0.15, 0.2) is 0 Å². The molecule has 34 heavy (non-hydrogen) atoms. The van der Waals surface area contributed by atoms with Gasteiger partial charge in [0, 0.05) is 23.1 Å². The summed E-state index contributed by atoms with van der Waals surface area (Å²) in [6.07, 6.45) is -4.08. The molecule has 7 nitrogen and oxygen atoms in total. The molecule has 3 heterocycles. The Labute approximate surface area is 193 Å². The van der Waals surface area contributed by atoms with Gasteiger partial charge < -0.3 is 24.8 Å². The van der Waals surface area contributed by atoms with Gasteiger partial charge in [-0.25, -0.2) is 4.98 Å². The Morgan fingerprint density at radius 1 is 1.09 bits per heavy atom. The first-order valence-electron chi connectivity index (χ1n) is 10.8. The van der Waals surface area contributed by atoms with Crippen LogP contribution in [0.4, 0.5) is 19.0 Å². The number of alkyl halides is 3. The molecule has 5 rings (SSSR count). The molecule has 1 saturated heterocycles. The fraction of sp³-hybridized carbons (Fsp3) is 0.333. The van der Waals surface area contributed by atoms with E-state index < -0.39 is 12.4 Å². The molecule has 0 bridgehead atoms. The number of nitrogen functional groups attached to an aromatic ring is 1. The quantitative estimate of drug-likeness (QED) is 0.619. The van der Waals surface area contributed by atoms with Gasteiger partial charge in [0.25, 0.3) is 5.91 Å². The smallest absolute Gasteiger partial charge is 0.406 e. The number of hydrogen-bond donors (Lipinski definition) is 1. The van der Waals surface area contributed by atoms with Crippen molar-refractivity contribution in [1.82, 2.24) is 9.88 Å². The fourth-order valence-corrected chi connectivity index (χ4v) is 4.50. The highest BCUT2D eigenvalue weighted by Crippen LogP contribution is 2.32. The molecule has 1 aromatic heterocycles. The van der Waals surface area contributed by atoms with E-state index in [0.717, 1.165) is 16.5 Å². The van der Waals surface area contributed by atoms with E-state index in [2.05, 4.69) is 9.72 Å². The lowest BCUT2D eigenvalue weighted by Crippen LogP contribution is -2.43. The van der Waals surface area contributed by atoms with Crippen LogP contribution in [-0.4, -0.2) is 48.5 Å². The van der Waals surface area contributed by atoms with Gasteiger partial charge in [-0.2, -0.15) is 0 Å². The van der Waals surface area contributed by atoms with Gasteiger partial charge in [0.05, 0.1) is 38.0 Å². The molecule has 2 aromatic carbocycles. The number of aromatic nitrogens is 1. The summed E-state index contributed by atoms with van der Waals surface area (Å²) in [7, 11) is 0. The van der Waals surface area contributed by atoms with Crippen LogP contribution in [0.25, 0.3) is 10.9 Å². The number of benzene rings is 2. The number of pyridine rings is 1. The fourth-order valence-electron chi connectivity index (χ4n) is 4.50. The Kier molecular flexibility index (Phi) is 5.78. The summed E-state index contributed by atoms with van der Waals surface area (Å²) in [6, 6.07) is 10.4. The third-order valence-electron chi connectivity index (χ3n) is 6.11. The largest absolute Gasteiger partial charge is 0.573 e. The number of amides is 1. The van der Waals surface area contributed by atoms with Crippen LogP contribution in [0, 0.1) is 0 Å². The minimum Gasteiger partial charge on any atom is -0.406 e.